The molecule has 0 unspecified atom stereocenters. The van der Waals surface area contributed by atoms with Crippen LogP contribution >= 0.6 is 0 Å². The SMILES string of the molecule is CNC(=O)Cc1ccccc1-c1ccccc1OC. The van der Waals surface area contributed by atoms with Crippen molar-refractivity contribution in [3.05, 3.63) is 54.1 Å². The molecule has 1 N–H and O–H groups in total. The Morgan fingerprint density at radius 1 is 1.05 bits per heavy atom. The van der Waals surface area contributed by atoms with Crippen LogP contribution in [0.3, 0.4) is 0 Å². The highest BCUT2D eigenvalue weighted by molar-refractivity contribution is 5.83. The smallest absolute Gasteiger partial charge is 0.224 e. The van der Waals surface area contributed by atoms with Crippen molar-refractivity contribution in [1.82, 2.24) is 5.32 Å². The molecule has 2 aromatic rings. The predicted molar refractivity (Wildman–Crippen MR) is 76.2 cm³/mol. The highest BCUT2D eigenvalue weighted by Gasteiger charge is 2.11. The van der Waals surface area contributed by atoms with Crippen LogP contribution in [0.15, 0.2) is 48.5 Å². The molecule has 0 fully saturated rings. The Balaban J connectivity index is 2.47. The molecule has 0 radical (unpaired) electrons. The number of hydrogen-bond acceptors (Lipinski definition) is 2. The van der Waals surface area contributed by atoms with Crippen LogP contribution in [0.4, 0.5) is 0 Å². The third kappa shape index (κ3) is 2.94. The zero-order valence-corrected chi connectivity index (χ0v) is 11.1. The fourth-order valence-corrected chi connectivity index (χ4v) is 2.07. The van der Waals surface area contributed by atoms with Gasteiger partial charge in [-0.3, -0.25) is 4.79 Å². The number of amides is 1. The molecule has 3 nitrogen and oxygen atoms in total. The molecule has 2 aromatic carbocycles. The number of methoxy groups -OCH3 is 1. The molecule has 0 heterocycles. The summed E-state index contributed by atoms with van der Waals surface area (Å²) in [5.74, 6) is 0.814. The molecule has 0 saturated heterocycles. The van der Waals surface area contributed by atoms with Gasteiger partial charge in [-0.25, -0.2) is 0 Å². The second-order valence-corrected chi connectivity index (χ2v) is 4.21. The van der Waals surface area contributed by atoms with Crippen LogP contribution in [-0.2, 0) is 11.2 Å². The number of carbonyl (C=O) groups is 1. The van der Waals surface area contributed by atoms with Crippen molar-refractivity contribution in [2.45, 2.75) is 6.42 Å². The van der Waals surface area contributed by atoms with E-state index in [2.05, 4.69) is 5.32 Å². The van der Waals surface area contributed by atoms with Gasteiger partial charge in [-0.05, 0) is 17.2 Å². The van der Waals surface area contributed by atoms with Gasteiger partial charge in [0.2, 0.25) is 5.91 Å². The molecule has 1 amide bonds. The summed E-state index contributed by atoms with van der Waals surface area (Å²) in [7, 11) is 3.30. The lowest BCUT2D eigenvalue weighted by molar-refractivity contribution is -0.119. The molecule has 0 aliphatic heterocycles. The summed E-state index contributed by atoms with van der Waals surface area (Å²) in [5, 5.41) is 2.65. The maximum absolute atomic E-state index is 11.6. The highest BCUT2D eigenvalue weighted by atomic mass is 16.5. The minimum atomic E-state index is 0.00217. The van der Waals surface area contributed by atoms with Crippen LogP contribution in [0.25, 0.3) is 11.1 Å². The van der Waals surface area contributed by atoms with Crippen molar-refractivity contribution < 1.29 is 9.53 Å². The highest BCUT2D eigenvalue weighted by Crippen LogP contribution is 2.32. The summed E-state index contributed by atoms with van der Waals surface area (Å²) in [5.41, 5.74) is 3.03. The summed E-state index contributed by atoms with van der Waals surface area (Å²) in [6.45, 7) is 0. The van der Waals surface area contributed by atoms with E-state index in [4.69, 9.17) is 4.74 Å². The molecule has 0 aliphatic carbocycles. The fraction of sp³-hybridized carbons (Fsp3) is 0.188. The second-order valence-electron chi connectivity index (χ2n) is 4.21. The molecule has 19 heavy (non-hydrogen) atoms. The molecule has 2 rings (SSSR count). The average molecular weight is 255 g/mol. The van der Waals surface area contributed by atoms with E-state index in [9.17, 15) is 4.79 Å². The molecule has 0 atom stereocenters. The molecule has 3 heteroatoms. The lowest BCUT2D eigenvalue weighted by Crippen LogP contribution is -2.20. The van der Waals surface area contributed by atoms with Crippen molar-refractivity contribution in [3.63, 3.8) is 0 Å². The quantitative estimate of drug-likeness (QED) is 0.912. The van der Waals surface area contributed by atoms with Gasteiger partial charge in [0.25, 0.3) is 0 Å². The molecule has 98 valence electrons. The Kier molecular flexibility index (Phi) is 4.18. The van der Waals surface area contributed by atoms with Crippen LogP contribution < -0.4 is 10.1 Å². The lowest BCUT2D eigenvalue weighted by Gasteiger charge is -2.12. The normalized spacial score (nSPS) is 10.0. The van der Waals surface area contributed by atoms with E-state index in [-0.39, 0.29) is 5.91 Å². The molecule has 0 aromatic heterocycles. The lowest BCUT2D eigenvalue weighted by atomic mass is 9.97. The monoisotopic (exact) mass is 255 g/mol. The first-order valence-electron chi connectivity index (χ1n) is 6.18. The topological polar surface area (TPSA) is 38.3 Å². The van der Waals surface area contributed by atoms with Crippen LogP contribution in [-0.4, -0.2) is 20.1 Å². The van der Waals surface area contributed by atoms with E-state index in [1.807, 2.05) is 48.5 Å². The standard InChI is InChI=1S/C16H17NO2/c1-17-16(18)11-12-7-3-4-8-13(12)14-9-5-6-10-15(14)19-2/h3-10H,11H2,1-2H3,(H,17,18). The van der Waals surface area contributed by atoms with Gasteiger partial charge in [0.05, 0.1) is 13.5 Å². The van der Waals surface area contributed by atoms with Crippen molar-refractivity contribution in [3.8, 4) is 16.9 Å². The number of carbonyl (C=O) groups excluding carboxylic acids is 1. The minimum absolute atomic E-state index is 0.00217. The van der Waals surface area contributed by atoms with Gasteiger partial charge < -0.3 is 10.1 Å². The number of benzene rings is 2. The number of likely N-dealkylation sites (N-methyl/N-ethyl adjacent to an activating group) is 1. The van der Waals surface area contributed by atoms with Gasteiger partial charge in [0, 0.05) is 12.6 Å². The summed E-state index contributed by atoms with van der Waals surface area (Å²) in [6, 6.07) is 15.7. The van der Waals surface area contributed by atoms with Gasteiger partial charge in [-0.15, -0.1) is 0 Å². The van der Waals surface area contributed by atoms with E-state index in [1.165, 1.54) is 0 Å². The molecule has 0 bridgehead atoms. The fourth-order valence-electron chi connectivity index (χ4n) is 2.07. The first-order chi connectivity index (χ1) is 9.26. The van der Waals surface area contributed by atoms with Crippen molar-refractivity contribution in [2.75, 3.05) is 14.2 Å². The van der Waals surface area contributed by atoms with Crippen molar-refractivity contribution in [2.24, 2.45) is 0 Å². The van der Waals surface area contributed by atoms with Crippen molar-refractivity contribution >= 4 is 5.91 Å². The Morgan fingerprint density at radius 3 is 2.37 bits per heavy atom. The summed E-state index contributed by atoms with van der Waals surface area (Å²) in [4.78, 5) is 11.6. The molecule has 0 spiro atoms. The first kappa shape index (κ1) is 13.1. The van der Waals surface area contributed by atoms with Gasteiger partial charge >= 0.3 is 0 Å². The predicted octanol–water partition coefficient (Wildman–Crippen LogP) is 2.65. The number of ether oxygens (including phenoxy) is 1. The van der Waals surface area contributed by atoms with Crippen LogP contribution in [0.2, 0.25) is 0 Å². The summed E-state index contributed by atoms with van der Waals surface area (Å²) < 4.78 is 5.39. The third-order valence-electron chi connectivity index (χ3n) is 3.04. The maximum atomic E-state index is 11.6. The second kappa shape index (κ2) is 6.05. The van der Waals surface area contributed by atoms with Crippen molar-refractivity contribution in [1.29, 1.82) is 0 Å². The van der Waals surface area contributed by atoms with Crippen LogP contribution in [0.5, 0.6) is 5.75 Å². The van der Waals surface area contributed by atoms with Crippen LogP contribution in [0.1, 0.15) is 5.56 Å². The summed E-state index contributed by atoms with van der Waals surface area (Å²) >= 11 is 0. The minimum Gasteiger partial charge on any atom is -0.496 e. The van der Waals surface area contributed by atoms with Gasteiger partial charge in [-0.1, -0.05) is 42.5 Å². The number of nitrogens with one attached hydrogen (secondary N) is 1. The van der Waals surface area contributed by atoms with Crippen LogP contribution in [0, 0.1) is 0 Å². The Labute approximate surface area is 113 Å². The Bertz CT molecular complexity index is 578. The van der Waals surface area contributed by atoms with E-state index in [1.54, 1.807) is 14.2 Å². The Morgan fingerprint density at radius 2 is 1.68 bits per heavy atom. The number of rotatable bonds is 4. The van der Waals surface area contributed by atoms with E-state index in [0.717, 1.165) is 22.4 Å². The molecule has 0 aliphatic rings. The summed E-state index contributed by atoms with van der Waals surface area (Å²) in [6.07, 6.45) is 0.366. The molecular weight excluding hydrogens is 238 g/mol. The first-order valence-corrected chi connectivity index (χ1v) is 6.18. The zero-order chi connectivity index (χ0) is 13.7. The molecule has 0 saturated carbocycles. The van der Waals surface area contributed by atoms with Gasteiger partial charge in [0.15, 0.2) is 0 Å². The third-order valence-corrected chi connectivity index (χ3v) is 3.04. The average Bonchev–Trinajstić information content (AvgIpc) is 2.47. The molecular formula is C16H17NO2. The zero-order valence-electron chi connectivity index (χ0n) is 11.1. The Hall–Kier alpha value is -2.29. The number of hydrogen-bond donors (Lipinski definition) is 1. The van der Waals surface area contributed by atoms with E-state index >= 15 is 0 Å². The van der Waals surface area contributed by atoms with Gasteiger partial charge in [-0.2, -0.15) is 0 Å². The van der Waals surface area contributed by atoms with Gasteiger partial charge in [0.1, 0.15) is 5.75 Å². The van der Waals surface area contributed by atoms with E-state index < -0.39 is 0 Å². The number of para-hydroxylation sites is 1. The van der Waals surface area contributed by atoms with E-state index in [0.29, 0.717) is 6.42 Å². The maximum Gasteiger partial charge on any atom is 0.224 e. The largest absolute Gasteiger partial charge is 0.496 e.